The molecule has 2 unspecified atom stereocenters. The van der Waals surface area contributed by atoms with E-state index in [-0.39, 0.29) is 12.4 Å². The summed E-state index contributed by atoms with van der Waals surface area (Å²) in [6.45, 7) is 0. The monoisotopic (exact) mass is 217 g/mol. The van der Waals surface area contributed by atoms with Gasteiger partial charge in [0, 0.05) is 12.1 Å². The van der Waals surface area contributed by atoms with Gasteiger partial charge in [-0.25, -0.2) is 0 Å². The Morgan fingerprint density at radius 2 is 1.64 bits per heavy atom. The van der Waals surface area contributed by atoms with Gasteiger partial charge in [-0.1, -0.05) is 0 Å². The molecular weight excluding hydrogens is 202 g/mol. The van der Waals surface area contributed by atoms with Gasteiger partial charge in [-0.2, -0.15) is 0 Å². The second-order valence-electron chi connectivity index (χ2n) is 4.71. The topological polar surface area (TPSA) is 40.5 Å². The van der Waals surface area contributed by atoms with Crippen molar-refractivity contribution in [2.24, 2.45) is 0 Å². The van der Waals surface area contributed by atoms with Crippen molar-refractivity contribution in [3.05, 3.63) is 0 Å². The van der Waals surface area contributed by atoms with E-state index in [1.807, 2.05) is 0 Å². The summed E-state index contributed by atoms with van der Waals surface area (Å²) in [7, 11) is 0. The van der Waals surface area contributed by atoms with E-state index in [0.29, 0.717) is 12.1 Å². The van der Waals surface area contributed by atoms with Crippen LogP contribution in [-0.4, -0.2) is 33.6 Å². The maximum atomic E-state index is 11.3. The molecule has 80 valence electrons. The number of halogens is 1. The van der Waals surface area contributed by atoms with Crippen LogP contribution < -0.4 is 0 Å². The minimum absolute atomic E-state index is 0. The summed E-state index contributed by atoms with van der Waals surface area (Å²) < 4.78 is 0. The molecule has 0 aromatic carbocycles. The molecule has 14 heavy (non-hydrogen) atoms. The van der Waals surface area contributed by atoms with E-state index in [1.165, 1.54) is 12.8 Å². The number of aliphatic carboxylic acids is 1. The van der Waals surface area contributed by atoms with Crippen LogP contribution in [0.25, 0.3) is 0 Å². The van der Waals surface area contributed by atoms with Gasteiger partial charge in [0.15, 0.2) is 0 Å². The SMILES string of the molecule is Cl.O=C(O)C12CCC3CCC(CC1)N32. The average molecular weight is 218 g/mol. The molecule has 3 saturated heterocycles. The van der Waals surface area contributed by atoms with Crippen molar-refractivity contribution in [3.63, 3.8) is 0 Å². The van der Waals surface area contributed by atoms with Crippen molar-refractivity contribution in [2.75, 3.05) is 0 Å². The Morgan fingerprint density at radius 1 is 1.14 bits per heavy atom. The summed E-state index contributed by atoms with van der Waals surface area (Å²) in [5, 5.41) is 9.30. The highest BCUT2D eigenvalue weighted by Gasteiger charge is 2.60. The first-order valence-electron chi connectivity index (χ1n) is 5.26. The summed E-state index contributed by atoms with van der Waals surface area (Å²) >= 11 is 0. The maximum Gasteiger partial charge on any atom is 0.324 e. The quantitative estimate of drug-likeness (QED) is 0.726. The lowest BCUT2D eigenvalue weighted by molar-refractivity contribution is -0.148. The van der Waals surface area contributed by atoms with Gasteiger partial charge in [-0.3, -0.25) is 9.69 Å². The Hall–Kier alpha value is -0.280. The molecule has 3 aliphatic rings. The molecule has 2 atom stereocenters. The van der Waals surface area contributed by atoms with Crippen molar-refractivity contribution in [1.82, 2.24) is 4.90 Å². The highest BCUT2D eigenvalue weighted by Crippen LogP contribution is 2.51. The average Bonchev–Trinajstić information content (AvgIpc) is 2.72. The van der Waals surface area contributed by atoms with Crippen LogP contribution in [0.1, 0.15) is 38.5 Å². The summed E-state index contributed by atoms with van der Waals surface area (Å²) in [6, 6.07) is 1.20. The zero-order chi connectivity index (χ0) is 9.05. The fourth-order valence-electron chi connectivity index (χ4n) is 3.75. The molecule has 3 aliphatic heterocycles. The minimum Gasteiger partial charge on any atom is -0.480 e. The molecule has 0 amide bonds. The molecule has 4 heteroatoms. The fourth-order valence-corrected chi connectivity index (χ4v) is 3.75. The van der Waals surface area contributed by atoms with Gasteiger partial charge in [-0.15, -0.1) is 12.4 Å². The molecular formula is C10H16ClNO2. The van der Waals surface area contributed by atoms with Crippen LogP contribution in [0.15, 0.2) is 0 Å². The van der Waals surface area contributed by atoms with E-state index in [4.69, 9.17) is 0 Å². The van der Waals surface area contributed by atoms with Crippen LogP contribution in [0.3, 0.4) is 0 Å². The minimum atomic E-state index is -0.570. The number of rotatable bonds is 1. The molecule has 0 aromatic heterocycles. The largest absolute Gasteiger partial charge is 0.480 e. The Bertz CT molecular complexity index is 253. The van der Waals surface area contributed by atoms with Crippen molar-refractivity contribution in [1.29, 1.82) is 0 Å². The van der Waals surface area contributed by atoms with Crippen LogP contribution in [0.5, 0.6) is 0 Å². The Balaban J connectivity index is 0.000000750. The molecule has 1 N–H and O–H groups in total. The third-order valence-electron chi connectivity index (χ3n) is 4.29. The third-order valence-corrected chi connectivity index (χ3v) is 4.29. The van der Waals surface area contributed by atoms with Crippen molar-refractivity contribution in [3.8, 4) is 0 Å². The standard InChI is InChI=1S/C10H15NO2.ClH/c12-9(13)10-5-3-7-1-2-8(4-6-10)11(7)10;/h7-8H,1-6H2,(H,12,13);1H. The molecule has 0 radical (unpaired) electrons. The smallest absolute Gasteiger partial charge is 0.324 e. The number of carboxylic acids is 1. The molecule has 3 nitrogen and oxygen atoms in total. The Morgan fingerprint density at radius 3 is 2.07 bits per heavy atom. The lowest BCUT2D eigenvalue weighted by atomic mass is 9.94. The molecule has 0 bridgehead atoms. The van der Waals surface area contributed by atoms with Crippen molar-refractivity contribution < 1.29 is 9.90 Å². The number of carboxylic acid groups (broad SMARTS) is 1. The van der Waals surface area contributed by atoms with Crippen molar-refractivity contribution in [2.45, 2.75) is 56.1 Å². The molecule has 3 fully saturated rings. The number of carbonyl (C=O) groups is 1. The number of hydrogen-bond donors (Lipinski definition) is 1. The second kappa shape index (κ2) is 3.11. The number of nitrogens with zero attached hydrogens (tertiary/aromatic N) is 1. The molecule has 0 aromatic rings. The van der Waals surface area contributed by atoms with E-state index in [9.17, 15) is 9.90 Å². The first-order valence-corrected chi connectivity index (χ1v) is 5.26. The molecule has 3 heterocycles. The lowest BCUT2D eigenvalue weighted by Crippen LogP contribution is -2.48. The van der Waals surface area contributed by atoms with Crippen LogP contribution in [0, 0.1) is 0 Å². The summed E-state index contributed by atoms with van der Waals surface area (Å²) in [5.41, 5.74) is -0.439. The molecule has 0 aliphatic carbocycles. The maximum absolute atomic E-state index is 11.3. The second-order valence-corrected chi connectivity index (χ2v) is 4.71. The zero-order valence-electron chi connectivity index (χ0n) is 8.11. The van der Waals surface area contributed by atoms with Gasteiger partial charge in [0.1, 0.15) is 5.54 Å². The van der Waals surface area contributed by atoms with E-state index in [1.54, 1.807) is 0 Å². The van der Waals surface area contributed by atoms with Gasteiger partial charge in [0.25, 0.3) is 0 Å². The fraction of sp³-hybridized carbons (Fsp3) is 0.900. The van der Waals surface area contributed by atoms with E-state index >= 15 is 0 Å². The lowest BCUT2D eigenvalue weighted by Gasteiger charge is -2.30. The highest BCUT2D eigenvalue weighted by molar-refractivity contribution is 5.85. The van der Waals surface area contributed by atoms with E-state index in [2.05, 4.69) is 4.90 Å². The third kappa shape index (κ3) is 0.999. The Labute approximate surface area is 89.9 Å². The predicted molar refractivity (Wildman–Crippen MR) is 54.7 cm³/mol. The summed E-state index contributed by atoms with van der Waals surface area (Å²) in [4.78, 5) is 13.6. The van der Waals surface area contributed by atoms with Gasteiger partial charge in [0.05, 0.1) is 0 Å². The van der Waals surface area contributed by atoms with Gasteiger partial charge in [-0.05, 0) is 38.5 Å². The van der Waals surface area contributed by atoms with E-state index in [0.717, 1.165) is 25.7 Å². The van der Waals surface area contributed by atoms with E-state index < -0.39 is 11.5 Å². The zero-order valence-corrected chi connectivity index (χ0v) is 8.92. The first kappa shape index (κ1) is 10.2. The predicted octanol–water partition coefficient (Wildman–Crippen LogP) is 1.65. The highest BCUT2D eigenvalue weighted by atomic mass is 35.5. The molecule has 0 saturated carbocycles. The van der Waals surface area contributed by atoms with Crippen LogP contribution in [0.4, 0.5) is 0 Å². The Kier molecular flexibility index (Phi) is 2.27. The van der Waals surface area contributed by atoms with Crippen molar-refractivity contribution >= 4 is 18.4 Å². The molecule has 3 rings (SSSR count). The van der Waals surface area contributed by atoms with Gasteiger partial charge in [0.2, 0.25) is 0 Å². The molecule has 0 spiro atoms. The van der Waals surface area contributed by atoms with Gasteiger partial charge < -0.3 is 5.11 Å². The van der Waals surface area contributed by atoms with Crippen LogP contribution in [-0.2, 0) is 4.79 Å². The van der Waals surface area contributed by atoms with Gasteiger partial charge >= 0.3 is 5.97 Å². The first-order chi connectivity index (χ1) is 6.24. The van der Waals surface area contributed by atoms with Crippen LogP contribution in [0.2, 0.25) is 0 Å². The van der Waals surface area contributed by atoms with Crippen LogP contribution >= 0.6 is 12.4 Å². The number of hydrogen-bond acceptors (Lipinski definition) is 2. The summed E-state index contributed by atoms with van der Waals surface area (Å²) in [5.74, 6) is -0.570. The normalized spacial score (nSPS) is 44.9. The summed E-state index contributed by atoms with van der Waals surface area (Å²) in [6.07, 6.45) is 6.48.